The molecule has 2 aromatic rings. The van der Waals surface area contributed by atoms with Gasteiger partial charge in [0.05, 0.1) is 20.1 Å². The largest absolute Gasteiger partial charge is 0.508 e. The molecule has 0 heterocycles. The molecular weight excluding hydrogens is 404 g/mol. The Hall–Kier alpha value is -3.91. The number of methoxy groups -OCH3 is 1. The lowest BCUT2D eigenvalue weighted by Gasteiger charge is -2.09. The first-order chi connectivity index (χ1) is 14.8. The Morgan fingerprint density at radius 1 is 0.935 bits per heavy atom. The fourth-order valence-corrected chi connectivity index (χ4v) is 2.55. The average molecular weight is 426 g/mol. The molecule has 162 valence electrons. The summed E-state index contributed by atoms with van der Waals surface area (Å²) in [4.78, 5) is 34.7. The van der Waals surface area contributed by atoms with Gasteiger partial charge in [0.1, 0.15) is 5.75 Å². The van der Waals surface area contributed by atoms with Crippen LogP contribution in [0.1, 0.15) is 23.1 Å². The van der Waals surface area contributed by atoms with E-state index in [-0.39, 0.29) is 24.5 Å². The van der Waals surface area contributed by atoms with E-state index in [0.717, 1.165) is 0 Å². The Labute approximate surface area is 178 Å². The van der Waals surface area contributed by atoms with E-state index in [4.69, 9.17) is 19.7 Å². The fraction of sp³-hybridized carbons (Fsp3) is 0.174. The molecule has 0 unspecified atom stereocenters. The maximum atomic E-state index is 12.1. The van der Waals surface area contributed by atoms with Gasteiger partial charge in [-0.25, -0.2) is 4.79 Å². The molecule has 31 heavy (non-hydrogen) atoms. The molecule has 0 atom stereocenters. The van der Waals surface area contributed by atoms with Crippen LogP contribution in [0.25, 0.3) is 12.2 Å². The van der Waals surface area contributed by atoms with Crippen molar-refractivity contribution in [1.29, 1.82) is 0 Å². The highest BCUT2D eigenvalue weighted by molar-refractivity contribution is 6.10. The summed E-state index contributed by atoms with van der Waals surface area (Å²) in [5.74, 6) is -1.39. The Kier molecular flexibility index (Phi) is 8.53. The van der Waals surface area contributed by atoms with Gasteiger partial charge in [-0.2, -0.15) is 0 Å². The number of hydrogen-bond acceptors (Lipinski definition) is 7. The Bertz CT molecular complexity index is 1020. The molecule has 3 N–H and O–H groups in total. The molecule has 8 heteroatoms. The van der Waals surface area contributed by atoms with Crippen LogP contribution in [0.4, 0.5) is 0 Å². The van der Waals surface area contributed by atoms with Crippen molar-refractivity contribution in [2.75, 3.05) is 13.7 Å². The van der Waals surface area contributed by atoms with Crippen LogP contribution in [0.2, 0.25) is 0 Å². The van der Waals surface area contributed by atoms with E-state index in [1.165, 1.54) is 49.6 Å². The topological polar surface area (TPSA) is 130 Å². The standard InChI is InChI=1S/C23H22O8/c1-30-22-11-16(5-9-21(22)31-14-23(28)29)3-7-19(26)12-18(25)6-2-15-4-8-20(27)17(10-15)13-24/h2-11,24,27H,12-14H2,1H3,(H,28,29). The predicted molar refractivity (Wildman–Crippen MR) is 113 cm³/mol. The lowest BCUT2D eigenvalue weighted by molar-refractivity contribution is -0.139. The molecule has 0 aliphatic rings. The van der Waals surface area contributed by atoms with Crippen molar-refractivity contribution in [3.8, 4) is 17.2 Å². The molecule has 2 rings (SSSR count). The second-order valence-electron chi connectivity index (χ2n) is 6.42. The average Bonchev–Trinajstić information content (AvgIpc) is 2.75. The number of carbonyl (C=O) groups is 3. The van der Waals surface area contributed by atoms with Gasteiger partial charge in [0, 0.05) is 5.56 Å². The molecule has 0 spiro atoms. The number of hydrogen-bond donors (Lipinski definition) is 3. The van der Waals surface area contributed by atoms with E-state index in [1.807, 2.05) is 0 Å². The summed E-state index contributed by atoms with van der Waals surface area (Å²) in [7, 11) is 1.41. The van der Waals surface area contributed by atoms with E-state index in [2.05, 4.69) is 0 Å². The van der Waals surface area contributed by atoms with E-state index in [9.17, 15) is 19.5 Å². The van der Waals surface area contributed by atoms with E-state index in [0.29, 0.717) is 22.4 Å². The molecule has 0 aliphatic heterocycles. The van der Waals surface area contributed by atoms with E-state index >= 15 is 0 Å². The van der Waals surface area contributed by atoms with Crippen molar-refractivity contribution < 1.29 is 39.2 Å². The van der Waals surface area contributed by atoms with Gasteiger partial charge in [-0.05, 0) is 47.5 Å². The predicted octanol–water partition coefficient (Wildman–Crippen LogP) is 2.61. The van der Waals surface area contributed by atoms with Crippen molar-refractivity contribution >= 4 is 29.7 Å². The van der Waals surface area contributed by atoms with Crippen molar-refractivity contribution in [2.45, 2.75) is 13.0 Å². The third-order valence-corrected chi connectivity index (χ3v) is 4.08. The maximum absolute atomic E-state index is 12.1. The highest BCUT2D eigenvalue weighted by atomic mass is 16.5. The third-order valence-electron chi connectivity index (χ3n) is 4.08. The summed E-state index contributed by atoms with van der Waals surface area (Å²) < 4.78 is 10.3. The molecule has 0 aromatic heterocycles. The minimum Gasteiger partial charge on any atom is -0.508 e. The number of allylic oxidation sites excluding steroid dienone is 2. The van der Waals surface area contributed by atoms with Gasteiger partial charge >= 0.3 is 5.97 Å². The number of carbonyl (C=O) groups excluding carboxylic acids is 2. The first kappa shape index (κ1) is 23.4. The SMILES string of the molecule is COc1cc(C=CC(=O)CC(=O)C=Cc2ccc(O)c(CO)c2)ccc1OCC(=O)O. The molecule has 8 nitrogen and oxygen atoms in total. The molecule has 0 aliphatic carbocycles. The second kappa shape index (κ2) is 11.3. The molecule has 0 saturated carbocycles. The summed E-state index contributed by atoms with van der Waals surface area (Å²) >= 11 is 0. The van der Waals surface area contributed by atoms with Gasteiger partial charge in [-0.15, -0.1) is 0 Å². The number of aliphatic hydroxyl groups is 1. The third kappa shape index (κ3) is 7.45. The molecular formula is C23H22O8. The molecule has 0 saturated heterocycles. The van der Waals surface area contributed by atoms with E-state index < -0.39 is 24.1 Å². The van der Waals surface area contributed by atoms with Crippen LogP contribution in [0.3, 0.4) is 0 Å². The lowest BCUT2D eigenvalue weighted by Crippen LogP contribution is -2.10. The number of aliphatic hydroxyl groups excluding tert-OH is 1. The van der Waals surface area contributed by atoms with E-state index in [1.54, 1.807) is 18.2 Å². The van der Waals surface area contributed by atoms with Crippen LogP contribution in [0.15, 0.2) is 48.6 Å². The number of ketones is 2. The van der Waals surface area contributed by atoms with Gasteiger partial charge < -0.3 is 24.8 Å². The Morgan fingerprint density at radius 2 is 1.55 bits per heavy atom. The van der Waals surface area contributed by atoms with Gasteiger partial charge in [0.25, 0.3) is 0 Å². The number of benzene rings is 2. The molecule has 2 aromatic carbocycles. The van der Waals surface area contributed by atoms with Crippen LogP contribution in [-0.4, -0.2) is 46.6 Å². The molecule has 0 fully saturated rings. The number of carboxylic acids is 1. The van der Waals surface area contributed by atoms with Crippen LogP contribution in [0.5, 0.6) is 17.2 Å². The van der Waals surface area contributed by atoms with Gasteiger partial charge in [0.2, 0.25) is 0 Å². The number of aliphatic carboxylic acids is 1. The van der Waals surface area contributed by atoms with Crippen LogP contribution < -0.4 is 9.47 Å². The zero-order valence-electron chi connectivity index (χ0n) is 16.8. The second-order valence-corrected chi connectivity index (χ2v) is 6.42. The van der Waals surface area contributed by atoms with Gasteiger partial charge in [-0.3, -0.25) is 9.59 Å². The quantitative estimate of drug-likeness (QED) is 0.369. The molecule has 0 radical (unpaired) electrons. The fourth-order valence-electron chi connectivity index (χ4n) is 2.55. The van der Waals surface area contributed by atoms with Crippen molar-refractivity contribution in [3.05, 3.63) is 65.2 Å². The first-order valence-corrected chi connectivity index (χ1v) is 9.19. The van der Waals surface area contributed by atoms with Crippen LogP contribution in [-0.2, 0) is 21.0 Å². The Morgan fingerprint density at radius 3 is 2.13 bits per heavy atom. The summed E-state index contributed by atoms with van der Waals surface area (Å²) in [5, 5.41) is 27.4. The monoisotopic (exact) mass is 426 g/mol. The number of phenols is 1. The van der Waals surface area contributed by atoms with Gasteiger partial charge in [-0.1, -0.05) is 24.3 Å². The van der Waals surface area contributed by atoms with Crippen LogP contribution >= 0.6 is 0 Å². The first-order valence-electron chi connectivity index (χ1n) is 9.19. The number of rotatable bonds is 11. The zero-order valence-corrected chi connectivity index (χ0v) is 16.8. The van der Waals surface area contributed by atoms with Crippen molar-refractivity contribution in [2.24, 2.45) is 0 Å². The molecule has 0 bridgehead atoms. The van der Waals surface area contributed by atoms with Crippen LogP contribution in [0, 0.1) is 0 Å². The normalized spacial score (nSPS) is 11.0. The zero-order chi connectivity index (χ0) is 22.8. The Balaban J connectivity index is 1.96. The smallest absolute Gasteiger partial charge is 0.341 e. The minimum absolute atomic E-state index is 0.0376. The molecule has 0 amide bonds. The minimum atomic E-state index is -1.12. The van der Waals surface area contributed by atoms with Crippen molar-refractivity contribution in [3.63, 3.8) is 0 Å². The maximum Gasteiger partial charge on any atom is 0.341 e. The number of carboxylic acid groups (broad SMARTS) is 1. The summed E-state index contributed by atoms with van der Waals surface area (Å²) in [5.41, 5.74) is 1.55. The summed E-state index contributed by atoms with van der Waals surface area (Å²) in [6, 6.07) is 9.25. The summed E-state index contributed by atoms with van der Waals surface area (Å²) in [6.45, 7) is -0.840. The highest BCUT2D eigenvalue weighted by Gasteiger charge is 2.08. The highest BCUT2D eigenvalue weighted by Crippen LogP contribution is 2.28. The number of ether oxygens (including phenoxy) is 2. The number of aromatic hydroxyl groups is 1. The van der Waals surface area contributed by atoms with Gasteiger partial charge in [0.15, 0.2) is 29.7 Å². The lowest BCUT2D eigenvalue weighted by atomic mass is 10.1. The summed E-state index contributed by atoms with van der Waals surface area (Å²) in [6.07, 6.45) is 5.21. The van der Waals surface area contributed by atoms with Crippen molar-refractivity contribution in [1.82, 2.24) is 0 Å².